The summed E-state index contributed by atoms with van der Waals surface area (Å²) in [5.41, 5.74) is 8.77. The van der Waals surface area contributed by atoms with Crippen molar-refractivity contribution in [3.05, 3.63) is 168 Å². The first kappa shape index (κ1) is 78.5. The zero-order chi connectivity index (χ0) is 74.3. The van der Waals surface area contributed by atoms with Crippen molar-refractivity contribution in [1.29, 1.82) is 0 Å². The molecular formula is C70H84N14O16S2. The van der Waals surface area contributed by atoms with E-state index >= 15 is 9.59 Å². The third-order valence-corrected chi connectivity index (χ3v) is 17.4. The number of aliphatic carboxylic acids is 2. The molecule has 30 nitrogen and oxygen atoms in total. The first-order valence-corrected chi connectivity index (χ1v) is 33.8. The molecule has 17 N–H and O–H groups in total. The number of carbonyl (C=O) groups excluding carboxylic acids is 10. The number of imidazole rings is 1. The summed E-state index contributed by atoms with van der Waals surface area (Å²) in [5, 5.41) is 66.3. The number of nitrogens with zero attached hydrogens (tertiary/aromatic N) is 2. The highest BCUT2D eigenvalue weighted by atomic mass is 32.1. The van der Waals surface area contributed by atoms with E-state index in [0.29, 0.717) is 44.2 Å². The monoisotopic (exact) mass is 1440 g/mol. The van der Waals surface area contributed by atoms with Crippen molar-refractivity contribution >= 4 is 118 Å². The number of carbonyl (C=O) groups is 12. The van der Waals surface area contributed by atoms with Crippen molar-refractivity contribution in [3.8, 4) is 5.75 Å². The topological polar surface area (TPSA) is 468 Å². The van der Waals surface area contributed by atoms with E-state index in [1.165, 1.54) is 50.8 Å². The molecule has 0 saturated carbocycles. The molecule has 0 spiro atoms. The molecule has 2 heterocycles. The number of carboxylic acids is 2. The number of carboxylic acid groups (broad SMARTS) is 2. The third-order valence-electron chi connectivity index (χ3n) is 16.6. The molecule has 0 aliphatic rings. The van der Waals surface area contributed by atoms with Crippen LogP contribution in [0.15, 0.2) is 140 Å². The van der Waals surface area contributed by atoms with Crippen molar-refractivity contribution in [2.24, 2.45) is 11.7 Å². The van der Waals surface area contributed by atoms with E-state index in [0.717, 1.165) is 10.3 Å². The summed E-state index contributed by atoms with van der Waals surface area (Å²) in [5.74, 6) is -13.9. The summed E-state index contributed by atoms with van der Waals surface area (Å²) in [7, 11) is 1.27. The molecule has 32 heteroatoms. The summed E-state index contributed by atoms with van der Waals surface area (Å²) in [6.45, 7) is 3.71. The molecule has 102 heavy (non-hydrogen) atoms. The first-order chi connectivity index (χ1) is 48.6. The minimum Gasteiger partial charge on any atom is -0.508 e. The molecular weight excluding hydrogens is 1360 g/mol. The number of amides is 10. The molecule has 0 aliphatic carbocycles. The quantitative estimate of drug-likeness (QED) is 0.0226. The maximum absolute atomic E-state index is 15.1. The third kappa shape index (κ3) is 22.6. The normalized spacial score (nSPS) is 14.5. The number of rotatable bonds is 37. The molecule has 0 aliphatic heterocycles. The van der Waals surface area contributed by atoms with Gasteiger partial charge in [-0.15, -0.1) is 0 Å². The van der Waals surface area contributed by atoms with Gasteiger partial charge >= 0.3 is 11.9 Å². The van der Waals surface area contributed by atoms with Crippen LogP contribution in [0.5, 0.6) is 5.75 Å². The highest BCUT2D eigenvalue weighted by Crippen LogP contribution is 2.23. The Morgan fingerprint density at radius 1 is 0.510 bits per heavy atom. The maximum atomic E-state index is 15.1. The number of aliphatic hydroxyl groups is 1. The van der Waals surface area contributed by atoms with Crippen LogP contribution in [0.25, 0.3) is 21.7 Å². The van der Waals surface area contributed by atoms with E-state index in [2.05, 4.69) is 88.1 Å². The number of H-pyrrole nitrogens is 2. The fourth-order valence-corrected chi connectivity index (χ4v) is 11.5. The van der Waals surface area contributed by atoms with Crippen LogP contribution in [0, 0.1) is 5.92 Å². The van der Waals surface area contributed by atoms with Crippen molar-refractivity contribution in [1.82, 2.24) is 67.7 Å². The lowest BCUT2D eigenvalue weighted by Crippen LogP contribution is -2.62. The number of fused-ring (bicyclic) bond motifs is 2. The predicted octanol–water partition coefficient (Wildman–Crippen LogP) is -0.132. The van der Waals surface area contributed by atoms with Gasteiger partial charge in [-0.2, -0.15) is 25.3 Å². The number of nitrogens with one attached hydrogen (secondary N) is 11. The fourth-order valence-electron chi connectivity index (χ4n) is 11.1. The lowest BCUT2D eigenvalue weighted by molar-refractivity contribution is -0.143. The Balaban J connectivity index is 1.14. The zero-order valence-corrected chi connectivity index (χ0v) is 57.9. The minimum absolute atomic E-state index is 0.0481. The molecule has 7 rings (SSSR count). The number of thiol groups is 2. The number of para-hydroxylation sites is 1. The zero-order valence-electron chi connectivity index (χ0n) is 56.1. The van der Waals surface area contributed by atoms with E-state index in [9.17, 15) is 68.4 Å². The van der Waals surface area contributed by atoms with Crippen molar-refractivity contribution < 1.29 is 78.0 Å². The van der Waals surface area contributed by atoms with Gasteiger partial charge < -0.3 is 88.9 Å². The Morgan fingerprint density at radius 3 is 1.60 bits per heavy atom. The molecule has 542 valence electrons. The number of likely N-dealkylation sites (N-methyl/N-ethyl adjacent to an activating group) is 1. The maximum Gasteiger partial charge on any atom is 0.326 e. The van der Waals surface area contributed by atoms with Crippen LogP contribution in [-0.4, -0.2) is 203 Å². The number of aromatic nitrogens is 3. The Labute approximate surface area is 597 Å². The van der Waals surface area contributed by atoms with Gasteiger partial charge in [-0.1, -0.05) is 117 Å². The average Bonchev–Trinajstić information content (AvgIpc) is 1.41. The largest absolute Gasteiger partial charge is 0.508 e. The molecule has 0 radical (unpaired) electrons. The van der Waals surface area contributed by atoms with E-state index in [4.69, 9.17) is 5.73 Å². The van der Waals surface area contributed by atoms with Crippen LogP contribution in [0.2, 0.25) is 0 Å². The Hall–Kier alpha value is -10.8. The van der Waals surface area contributed by atoms with Crippen LogP contribution in [-0.2, 0) is 89.6 Å². The highest BCUT2D eigenvalue weighted by molar-refractivity contribution is 7.80. The molecule has 0 saturated heterocycles. The lowest BCUT2D eigenvalue weighted by atomic mass is 9.97. The Morgan fingerprint density at radius 2 is 1.01 bits per heavy atom. The van der Waals surface area contributed by atoms with Gasteiger partial charge in [-0.3, -0.25) is 52.7 Å². The van der Waals surface area contributed by atoms with Crippen LogP contribution in [0.1, 0.15) is 55.1 Å². The van der Waals surface area contributed by atoms with Gasteiger partial charge in [0, 0.05) is 79.6 Å². The summed E-state index contributed by atoms with van der Waals surface area (Å²) < 4.78 is 0. The van der Waals surface area contributed by atoms with Gasteiger partial charge in [0.2, 0.25) is 59.1 Å². The molecule has 11 atom stereocenters. The molecule has 0 fully saturated rings. The van der Waals surface area contributed by atoms with Crippen molar-refractivity contribution in [2.75, 3.05) is 25.1 Å². The highest BCUT2D eigenvalue weighted by Gasteiger charge is 2.38. The Kier molecular flexibility index (Phi) is 28.9. The van der Waals surface area contributed by atoms with Crippen molar-refractivity contribution in [3.63, 3.8) is 0 Å². The number of hydrogen-bond donors (Lipinski definition) is 18. The number of aromatic hydroxyl groups is 1. The number of phenols is 1. The molecule has 0 unspecified atom stereocenters. The summed E-state index contributed by atoms with van der Waals surface area (Å²) in [4.78, 5) is 178. The van der Waals surface area contributed by atoms with Crippen LogP contribution >= 0.6 is 25.3 Å². The number of hydrogen-bond acceptors (Lipinski definition) is 18. The van der Waals surface area contributed by atoms with E-state index in [-0.39, 0.29) is 43.6 Å². The summed E-state index contributed by atoms with van der Waals surface area (Å²) in [6.07, 6.45) is 0.448. The van der Waals surface area contributed by atoms with Crippen LogP contribution in [0.3, 0.4) is 0 Å². The van der Waals surface area contributed by atoms with Gasteiger partial charge in [0.1, 0.15) is 60.1 Å². The number of phenolic OH excluding ortho intramolecular Hbond substituents is 1. The minimum atomic E-state index is -1.79. The second-order valence-corrected chi connectivity index (χ2v) is 25.5. The van der Waals surface area contributed by atoms with E-state index < -0.39 is 162 Å². The van der Waals surface area contributed by atoms with Gasteiger partial charge in [-0.25, -0.2) is 9.78 Å². The van der Waals surface area contributed by atoms with Gasteiger partial charge in [0.15, 0.2) is 0 Å². The van der Waals surface area contributed by atoms with Crippen LogP contribution < -0.4 is 53.6 Å². The number of benzene rings is 5. The number of aliphatic hydroxyl groups excluding tert-OH is 1. The molecule has 0 bridgehead atoms. The SMILES string of the molecule is CC(C)[C@H](NC(=O)[C@H](Cc1c[nH]c2ccccc12)NC(=O)[C@H](CC(=O)O)NC(=O)CN(C)C(=O)[C@@H](N)CS)C(=O)N[C@@H](CS)C(=O)N[C@@H](Cc1ccc(O)cc1)C(=O)N[C@@H](Cc1cccc2ccccc12)C(=O)N[C@@H](Cc1cnc[nH]1)C(=O)N[C@H](C(=O)N[C@@H](Cc1ccccc1)C(=O)O)[C@@H](C)O. The number of nitrogens with two attached hydrogens (primary N) is 1. The second-order valence-electron chi connectivity index (χ2n) is 24.8. The molecule has 5 aromatic carbocycles. The molecule has 2 aromatic heterocycles. The number of aromatic amines is 2. The van der Waals surface area contributed by atoms with E-state index in [1.807, 2.05) is 12.1 Å². The van der Waals surface area contributed by atoms with Gasteiger partial charge in [0.25, 0.3) is 0 Å². The van der Waals surface area contributed by atoms with E-state index in [1.54, 1.807) is 105 Å². The standard InChI is InChI=1S/C70H84N14O16S2/c1-37(2)59(82-64(93)52(28-43-31-73-49-20-11-10-19-47(43)49)78-63(92)54(30-58(88)89)75-57(87)33-84(4)69(98)48(71)34-101)67(96)81-56(35-102)66(95)76-50(25-40-21-23-45(86)24-22-40)61(90)77-51(27-42-17-12-16-41-15-8-9-18-46(41)42)62(91)79-53(29-44-32-72-36-74-44)65(94)83-60(38(3)85)68(97)80-55(70(99)100)26-39-13-6-5-7-14-39/h5-24,31-32,36-38,48,50-56,59-60,73,85-86,101-102H,25-30,33-35,71H2,1-4H3,(H,72,74)(H,75,87)(H,76,95)(H,77,90)(H,78,92)(H,79,91)(H,80,97)(H,81,96)(H,82,93)(H,83,94)(H,88,89)(H,99,100)/t38-,48+,50+,51+,52+,53+,54+,55+,56+,59+,60+/m1/s1. The first-order valence-electron chi connectivity index (χ1n) is 32.5. The molecule has 10 amide bonds. The smallest absolute Gasteiger partial charge is 0.326 e. The van der Waals surface area contributed by atoms with Crippen LogP contribution in [0.4, 0.5) is 0 Å². The summed E-state index contributed by atoms with van der Waals surface area (Å²) in [6, 6.07) is 18.0. The second kappa shape index (κ2) is 37.6. The van der Waals surface area contributed by atoms with Gasteiger partial charge in [0.05, 0.1) is 31.4 Å². The average molecular weight is 1440 g/mol. The molecule has 7 aromatic rings. The van der Waals surface area contributed by atoms with Crippen molar-refractivity contribution in [2.45, 2.75) is 126 Å². The fraction of sp³-hybridized carbons (Fsp3) is 0.357. The summed E-state index contributed by atoms with van der Waals surface area (Å²) >= 11 is 8.41. The predicted molar refractivity (Wildman–Crippen MR) is 381 cm³/mol. The van der Waals surface area contributed by atoms with Gasteiger partial charge in [-0.05, 0) is 64.1 Å². The lowest BCUT2D eigenvalue weighted by Gasteiger charge is -2.29. The Bertz CT molecular complexity index is 4100.